The molecule has 0 aliphatic heterocycles. The number of hydrogen-bond acceptors (Lipinski definition) is 3. The Labute approximate surface area is 168 Å². The quantitative estimate of drug-likeness (QED) is 0.663. The molecule has 29 heavy (non-hydrogen) atoms. The largest absolute Gasteiger partial charge is 0.434 e. The molecule has 0 aliphatic rings. The third-order valence-electron chi connectivity index (χ3n) is 3.96. The summed E-state index contributed by atoms with van der Waals surface area (Å²) in [6.07, 6.45) is -4.00. The SMILES string of the molecule is CNC(=O)c1cccc(NC(=O)c2cnn(-c3ccc(Cl)cc3)c2C(F)(F)F)c1. The van der Waals surface area contributed by atoms with Crippen LogP contribution in [0.25, 0.3) is 5.69 Å². The molecule has 0 saturated heterocycles. The van der Waals surface area contributed by atoms with Gasteiger partial charge in [0.05, 0.1) is 17.4 Å². The van der Waals surface area contributed by atoms with E-state index in [2.05, 4.69) is 15.7 Å². The molecule has 6 nitrogen and oxygen atoms in total. The van der Waals surface area contributed by atoms with Crippen LogP contribution in [-0.2, 0) is 6.18 Å². The van der Waals surface area contributed by atoms with Crippen molar-refractivity contribution >= 4 is 29.1 Å². The normalized spacial score (nSPS) is 11.2. The van der Waals surface area contributed by atoms with Gasteiger partial charge in [-0.05, 0) is 42.5 Å². The van der Waals surface area contributed by atoms with E-state index in [-0.39, 0.29) is 16.9 Å². The molecule has 3 rings (SSSR count). The fraction of sp³-hybridized carbons (Fsp3) is 0.105. The molecule has 0 spiro atoms. The number of hydrogen-bond donors (Lipinski definition) is 2. The Hall–Kier alpha value is -3.33. The Kier molecular flexibility index (Phi) is 5.60. The van der Waals surface area contributed by atoms with Crippen LogP contribution in [0.4, 0.5) is 18.9 Å². The molecule has 0 bridgehead atoms. The summed E-state index contributed by atoms with van der Waals surface area (Å²) in [6, 6.07) is 11.4. The number of anilines is 1. The molecule has 0 saturated carbocycles. The second-order valence-corrected chi connectivity index (χ2v) is 6.34. The number of rotatable bonds is 4. The first-order valence-corrected chi connectivity index (χ1v) is 8.63. The van der Waals surface area contributed by atoms with Crippen molar-refractivity contribution in [1.82, 2.24) is 15.1 Å². The molecule has 0 aliphatic carbocycles. The molecule has 0 unspecified atom stereocenters. The van der Waals surface area contributed by atoms with Crippen LogP contribution in [0.2, 0.25) is 5.02 Å². The first-order chi connectivity index (χ1) is 13.7. The number of carbonyl (C=O) groups excluding carboxylic acids is 2. The lowest BCUT2D eigenvalue weighted by atomic mass is 10.1. The van der Waals surface area contributed by atoms with E-state index in [1.807, 2.05) is 0 Å². The van der Waals surface area contributed by atoms with Gasteiger partial charge in [-0.2, -0.15) is 18.3 Å². The van der Waals surface area contributed by atoms with Crippen molar-refractivity contribution in [3.8, 4) is 5.69 Å². The third-order valence-corrected chi connectivity index (χ3v) is 4.22. The first kappa shape index (κ1) is 20.4. The smallest absolute Gasteiger partial charge is 0.355 e. The second kappa shape index (κ2) is 7.96. The Morgan fingerprint density at radius 1 is 1.07 bits per heavy atom. The third kappa shape index (κ3) is 4.40. The number of alkyl halides is 3. The molecule has 2 aromatic carbocycles. The average molecular weight is 423 g/mol. The van der Waals surface area contributed by atoms with Gasteiger partial charge in [0.15, 0.2) is 5.69 Å². The van der Waals surface area contributed by atoms with E-state index in [1.54, 1.807) is 0 Å². The van der Waals surface area contributed by atoms with Gasteiger partial charge < -0.3 is 10.6 Å². The summed E-state index contributed by atoms with van der Waals surface area (Å²) in [7, 11) is 1.44. The van der Waals surface area contributed by atoms with Gasteiger partial charge in [0.25, 0.3) is 11.8 Å². The van der Waals surface area contributed by atoms with Gasteiger partial charge in [-0.15, -0.1) is 0 Å². The van der Waals surface area contributed by atoms with E-state index >= 15 is 0 Å². The minimum absolute atomic E-state index is 0.0994. The van der Waals surface area contributed by atoms with Crippen LogP contribution < -0.4 is 10.6 Å². The minimum Gasteiger partial charge on any atom is -0.355 e. The maximum Gasteiger partial charge on any atom is 0.434 e. The lowest BCUT2D eigenvalue weighted by Gasteiger charge is -2.13. The molecule has 2 N–H and O–H groups in total. The molecule has 0 radical (unpaired) electrons. The van der Waals surface area contributed by atoms with Crippen molar-refractivity contribution in [2.75, 3.05) is 12.4 Å². The molecular weight excluding hydrogens is 409 g/mol. The fourth-order valence-electron chi connectivity index (χ4n) is 2.65. The lowest BCUT2D eigenvalue weighted by Crippen LogP contribution is -2.21. The molecule has 3 aromatic rings. The summed E-state index contributed by atoms with van der Waals surface area (Å²) in [5, 5.41) is 8.88. The van der Waals surface area contributed by atoms with Gasteiger partial charge in [-0.1, -0.05) is 17.7 Å². The first-order valence-electron chi connectivity index (χ1n) is 8.25. The van der Waals surface area contributed by atoms with Crippen molar-refractivity contribution in [3.05, 3.63) is 76.6 Å². The highest BCUT2D eigenvalue weighted by Gasteiger charge is 2.40. The highest BCUT2D eigenvalue weighted by molar-refractivity contribution is 6.30. The van der Waals surface area contributed by atoms with E-state index in [0.717, 1.165) is 6.20 Å². The number of halogens is 4. The summed E-state index contributed by atoms with van der Waals surface area (Å²) in [5.41, 5.74) is -1.36. The van der Waals surface area contributed by atoms with Crippen molar-refractivity contribution in [1.29, 1.82) is 0 Å². The fourth-order valence-corrected chi connectivity index (χ4v) is 2.77. The van der Waals surface area contributed by atoms with Crippen LogP contribution in [-0.4, -0.2) is 28.6 Å². The van der Waals surface area contributed by atoms with Crippen molar-refractivity contribution in [2.45, 2.75) is 6.18 Å². The molecule has 2 amide bonds. The van der Waals surface area contributed by atoms with Crippen LogP contribution in [0.1, 0.15) is 26.4 Å². The van der Waals surface area contributed by atoms with Crippen molar-refractivity contribution in [2.24, 2.45) is 0 Å². The van der Waals surface area contributed by atoms with Gasteiger partial charge in [0, 0.05) is 23.3 Å². The Balaban J connectivity index is 1.97. The van der Waals surface area contributed by atoms with Crippen LogP contribution in [0.3, 0.4) is 0 Å². The van der Waals surface area contributed by atoms with Gasteiger partial charge in [-0.3, -0.25) is 9.59 Å². The highest BCUT2D eigenvalue weighted by atomic mass is 35.5. The Bertz CT molecular complexity index is 1060. The second-order valence-electron chi connectivity index (χ2n) is 5.91. The predicted octanol–water partition coefficient (Wildman–Crippen LogP) is 4.16. The predicted molar refractivity (Wildman–Crippen MR) is 101 cm³/mol. The molecule has 0 atom stereocenters. The Morgan fingerprint density at radius 2 is 1.76 bits per heavy atom. The standard InChI is InChI=1S/C19H14ClF3N4O2/c1-24-17(28)11-3-2-4-13(9-11)26-18(29)15-10-25-27(16(15)19(21,22)23)14-7-5-12(20)6-8-14/h2-10H,1H3,(H,24,28)(H,26,29). The molecule has 150 valence electrons. The van der Waals surface area contributed by atoms with E-state index in [9.17, 15) is 22.8 Å². The zero-order valence-electron chi connectivity index (χ0n) is 14.9. The van der Waals surface area contributed by atoms with Gasteiger partial charge >= 0.3 is 6.18 Å². The Morgan fingerprint density at radius 3 is 2.38 bits per heavy atom. The topological polar surface area (TPSA) is 76.0 Å². The van der Waals surface area contributed by atoms with E-state index in [1.165, 1.54) is 55.6 Å². The number of nitrogens with one attached hydrogen (secondary N) is 2. The van der Waals surface area contributed by atoms with Crippen molar-refractivity contribution in [3.63, 3.8) is 0 Å². The average Bonchev–Trinajstić information content (AvgIpc) is 3.14. The summed E-state index contributed by atoms with van der Waals surface area (Å²) < 4.78 is 41.7. The zero-order valence-corrected chi connectivity index (χ0v) is 15.7. The molecule has 1 heterocycles. The van der Waals surface area contributed by atoms with Gasteiger partial charge in [0.2, 0.25) is 0 Å². The van der Waals surface area contributed by atoms with E-state index < -0.39 is 29.2 Å². The zero-order chi connectivity index (χ0) is 21.2. The number of carbonyl (C=O) groups is 2. The number of benzene rings is 2. The molecular formula is C19H14ClF3N4O2. The number of aromatic nitrogens is 2. The summed E-state index contributed by atoms with van der Waals surface area (Å²) in [6.45, 7) is 0. The van der Waals surface area contributed by atoms with Crippen LogP contribution in [0.5, 0.6) is 0 Å². The minimum atomic E-state index is -4.84. The summed E-state index contributed by atoms with van der Waals surface area (Å²) in [4.78, 5) is 24.2. The molecule has 0 fully saturated rings. The van der Waals surface area contributed by atoms with E-state index in [0.29, 0.717) is 9.70 Å². The molecule has 10 heteroatoms. The number of nitrogens with zero attached hydrogens (tertiary/aromatic N) is 2. The monoisotopic (exact) mass is 422 g/mol. The van der Waals surface area contributed by atoms with Crippen molar-refractivity contribution < 1.29 is 22.8 Å². The van der Waals surface area contributed by atoms with Crippen LogP contribution in [0, 0.1) is 0 Å². The molecule has 1 aromatic heterocycles. The van der Waals surface area contributed by atoms with Gasteiger partial charge in [-0.25, -0.2) is 4.68 Å². The lowest BCUT2D eigenvalue weighted by molar-refractivity contribution is -0.143. The summed E-state index contributed by atoms with van der Waals surface area (Å²) >= 11 is 5.78. The maximum atomic E-state index is 13.7. The van der Waals surface area contributed by atoms with E-state index in [4.69, 9.17) is 11.6 Å². The summed E-state index contributed by atoms with van der Waals surface area (Å²) in [5.74, 6) is -1.40. The van der Waals surface area contributed by atoms with Crippen LogP contribution >= 0.6 is 11.6 Å². The maximum absolute atomic E-state index is 13.7. The number of amides is 2. The highest BCUT2D eigenvalue weighted by Crippen LogP contribution is 2.34. The van der Waals surface area contributed by atoms with Crippen LogP contribution in [0.15, 0.2) is 54.7 Å². The van der Waals surface area contributed by atoms with Gasteiger partial charge in [0.1, 0.15) is 0 Å².